The van der Waals surface area contributed by atoms with Gasteiger partial charge in [-0.1, -0.05) is 12.1 Å². The number of nitrogens with zero attached hydrogens (tertiary/aromatic N) is 2. The molecule has 0 bridgehead atoms. The maximum absolute atomic E-state index is 12.6. The number of hydrogen-bond acceptors (Lipinski definition) is 7. The maximum Gasteiger partial charge on any atom is 0.349 e. The number of fused-ring (bicyclic) bond motifs is 1. The highest BCUT2D eigenvalue weighted by molar-refractivity contribution is 5.97. The van der Waals surface area contributed by atoms with Crippen LogP contribution in [0.4, 0.5) is 0 Å². The van der Waals surface area contributed by atoms with Crippen molar-refractivity contribution in [2.75, 3.05) is 7.11 Å². The van der Waals surface area contributed by atoms with Crippen molar-refractivity contribution in [2.24, 2.45) is 0 Å². The number of nitrogens with one attached hydrogen (secondary N) is 1. The SMILES string of the molecule is COc1cccc2cc(C(=O)NCc3nccnc3-c3ccco3)c(=O)oc12. The van der Waals surface area contributed by atoms with Gasteiger partial charge in [-0.25, -0.2) is 9.78 Å². The molecule has 8 nitrogen and oxygen atoms in total. The molecule has 0 unspecified atom stereocenters. The van der Waals surface area contributed by atoms with Crippen molar-refractivity contribution in [2.45, 2.75) is 6.54 Å². The summed E-state index contributed by atoms with van der Waals surface area (Å²) in [6.07, 6.45) is 4.58. The molecule has 28 heavy (non-hydrogen) atoms. The third kappa shape index (κ3) is 3.23. The summed E-state index contributed by atoms with van der Waals surface area (Å²) in [7, 11) is 1.48. The van der Waals surface area contributed by atoms with Crippen molar-refractivity contribution in [3.63, 3.8) is 0 Å². The molecule has 1 amide bonds. The number of methoxy groups -OCH3 is 1. The van der Waals surface area contributed by atoms with Gasteiger partial charge in [0.25, 0.3) is 5.91 Å². The van der Waals surface area contributed by atoms with Gasteiger partial charge in [-0.3, -0.25) is 9.78 Å². The summed E-state index contributed by atoms with van der Waals surface area (Å²) in [5.74, 6) is 0.383. The molecule has 0 saturated heterocycles. The van der Waals surface area contributed by atoms with Gasteiger partial charge in [-0.05, 0) is 24.3 Å². The zero-order chi connectivity index (χ0) is 19.5. The Labute approximate surface area is 158 Å². The summed E-state index contributed by atoms with van der Waals surface area (Å²) in [6.45, 7) is 0.0678. The topological polar surface area (TPSA) is 107 Å². The average molecular weight is 377 g/mol. The number of benzene rings is 1. The van der Waals surface area contributed by atoms with E-state index in [2.05, 4.69) is 15.3 Å². The molecule has 0 saturated carbocycles. The lowest BCUT2D eigenvalue weighted by atomic mass is 10.1. The highest BCUT2D eigenvalue weighted by Crippen LogP contribution is 2.24. The second-order valence-corrected chi connectivity index (χ2v) is 5.84. The molecule has 0 radical (unpaired) electrons. The summed E-state index contributed by atoms with van der Waals surface area (Å²) in [4.78, 5) is 33.3. The maximum atomic E-state index is 12.6. The van der Waals surface area contributed by atoms with E-state index < -0.39 is 11.5 Å². The fraction of sp³-hybridized carbons (Fsp3) is 0.100. The Balaban J connectivity index is 1.60. The minimum absolute atomic E-state index is 0.0678. The fourth-order valence-electron chi connectivity index (χ4n) is 2.81. The largest absolute Gasteiger partial charge is 0.493 e. The van der Waals surface area contributed by atoms with E-state index in [1.54, 1.807) is 30.3 Å². The highest BCUT2D eigenvalue weighted by atomic mass is 16.5. The number of amides is 1. The van der Waals surface area contributed by atoms with Gasteiger partial charge >= 0.3 is 5.63 Å². The van der Waals surface area contributed by atoms with E-state index in [0.717, 1.165) is 0 Å². The van der Waals surface area contributed by atoms with Crippen molar-refractivity contribution >= 4 is 16.9 Å². The van der Waals surface area contributed by atoms with Crippen LogP contribution in [0.15, 0.2) is 68.7 Å². The van der Waals surface area contributed by atoms with Crippen LogP contribution in [0.25, 0.3) is 22.4 Å². The lowest BCUT2D eigenvalue weighted by molar-refractivity contribution is 0.0947. The number of aromatic nitrogens is 2. The van der Waals surface area contributed by atoms with Gasteiger partial charge in [0, 0.05) is 17.8 Å². The Morgan fingerprint density at radius 2 is 2.04 bits per heavy atom. The Morgan fingerprint density at radius 1 is 1.18 bits per heavy atom. The van der Waals surface area contributed by atoms with E-state index in [9.17, 15) is 9.59 Å². The number of ether oxygens (including phenoxy) is 1. The molecule has 4 rings (SSSR count). The second kappa shape index (κ2) is 7.36. The van der Waals surface area contributed by atoms with Gasteiger partial charge < -0.3 is 18.9 Å². The minimum atomic E-state index is -0.750. The van der Waals surface area contributed by atoms with Gasteiger partial charge in [0.1, 0.15) is 11.3 Å². The van der Waals surface area contributed by atoms with Gasteiger partial charge in [0.15, 0.2) is 17.1 Å². The quantitative estimate of drug-likeness (QED) is 0.533. The fourth-order valence-corrected chi connectivity index (χ4v) is 2.81. The number of rotatable bonds is 5. The van der Waals surface area contributed by atoms with Gasteiger partial charge in [-0.2, -0.15) is 0 Å². The van der Waals surface area contributed by atoms with Crippen LogP contribution in [0.1, 0.15) is 16.1 Å². The molecule has 0 aliphatic rings. The van der Waals surface area contributed by atoms with Crippen molar-refractivity contribution in [1.82, 2.24) is 15.3 Å². The predicted octanol–water partition coefficient (Wildman–Crippen LogP) is 2.78. The number of hydrogen-bond donors (Lipinski definition) is 1. The van der Waals surface area contributed by atoms with E-state index in [0.29, 0.717) is 33.9 Å². The van der Waals surface area contributed by atoms with Crippen molar-refractivity contribution in [3.8, 4) is 17.2 Å². The van der Waals surface area contributed by atoms with Crippen molar-refractivity contribution in [1.29, 1.82) is 0 Å². The standard InChI is InChI=1S/C20H15N3O5/c1-26-16-5-2-4-12-10-13(20(25)28-18(12)16)19(24)23-11-14-17(22-8-7-21-14)15-6-3-9-27-15/h2-10H,11H2,1H3,(H,23,24). The Bertz CT molecular complexity index is 1200. The number of furan rings is 1. The smallest absolute Gasteiger partial charge is 0.349 e. The van der Waals surface area contributed by atoms with E-state index in [1.165, 1.54) is 31.8 Å². The summed E-state index contributed by atoms with van der Waals surface area (Å²) in [5.41, 5.74) is 0.463. The zero-order valence-electron chi connectivity index (χ0n) is 14.8. The van der Waals surface area contributed by atoms with E-state index in [1.807, 2.05) is 0 Å². The molecule has 0 fully saturated rings. The molecule has 1 aromatic carbocycles. The third-order valence-electron chi connectivity index (χ3n) is 4.13. The van der Waals surface area contributed by atoms with Crippen LogP contribution in [0.5, 0.6) is 5.75 Å². The summed E-state index contributed by atoms with van der Waals surface area (Å²) < 4.78 is 15.8. The van der Waals surface area contributed by atoms with Crippen LogP contribution >= 0.6 is 0 Å². The van der Waals surface area contributed by atoms with E-state index in [4.69, 9.17) is 13.6 Å². The third-order valence-corrected chi connectivity index (χ3v) is 4.13. The van der Waals surface area contributed by atoms with Crippen LogP contribution in [0, 0.1) is 0 Å². The molecule has 0 spiro atoms. The number of para-hydroxylation sites is 1. The first-order valence-electron chi connectivity index (χ1n) is 8.40. The molecule has 0 aliphatic carbocycles. The van der Waals surface area contributed by atoms with Crippen LogP contribution in [0.3, 0.4) is 0 Å². The van der Waals surface area contributed by atoms with E-state index in [-0.39, 0.29) is 12.1 Å². The van der Waals surface area contributed by atoms with Gasteiger partial charge in [0.05, 0.1) is 25.6 Å². The first kappa shape index (κ1) is 17.5. The van der Waals surface area contributed by atoms with Crippen LogP contribution < -0.4 is 15.7 Å². The molecular formula is C20H15N3O5. The number of carbonyl (C=O) groups is 1. The molecule has 0 aliphatic heterocycles. The van der Waals surface area contributed by atoms with Gasteiger partial charge in [0.2, 0.25) is 0 Å². The molecule has 4 aromatic rings. The molecule has 140 valence electrons. The Kier molecular flexibility index (Phi) is 4.59. The Morgan fingerprint density at radius 3 is 2.82 bits per heavy atom. The highest BCUT2D eigenvalue weighted by Gasteiger charge is 2.17. The molecule has 3 aromatic heterocycles. The average Bonchev–Trinajstić information content (AvgIpc) is 3.26. The van der Waals surface area contributed by atoms with Crippen LogP contribution in [-0.2, 0) is 6.54 Å². The molecular weight excluding hydrogens is 362 g/mol. The molecule has 1 N–H and O–H groups in total. The first-order valence-corrected chi connectivity index (χ1v) is 8.40. The Hall–Kier alpha value is -3.94. The normalized spacial score (nSPS) is 10.8. The monoisotopic (exact) mass is 377 g/mol. The minimum Gasteiger partial charge on any atom is -0.493 e. The lowest BCUT2D eigenvalue weighted by Gasteiger charge is -2.08. The summed E-state index contributed by atoms with van der Waals surface area (Å²) in [5, 5.41) is 3.26. The molecule has 8 heteroatoms. The zero-order valence-corrected chi connectivity index (χ0v) is 14.8. The molecule has 3 heterocycles. The summed E-state index contributed by atoms with van der Waals surface area (Å²) in [6, 6.07) is 10.1. The number of carbonyl (C=O) groups excluding carboxylic acids is 1. The van der Waals surface area contributed by atoms with Crippen molar-refractivity contribution < 1.29 is 18.4 Å². The first-order chi connectivity index (χ1) is 13.7. The summed E-state index contributed by atoms with van der Waals surface area (Å²) >= 11 is 0. The van der Waals surface area contributed by atoms with Gasteiger partial charge in [-0.15, -0.1) is 0 Å². The second-order valence-electron chi connectivity index (χ2n) is 5.84. The van der Waals surface area contributed by atoms with E-state index >= 15 is 0 Å². The van der Waals surface area contributed by atoms with Crippen LogP contribution in [0.2, 0.25) is 0 Å². The molecule has 0 atom stereocenters. The van der Waals surface area contributed by atoms with Crippen molar-refractivity contribution in [3.05, 3.63) is 76.7 Å². The predicted molar refractivity (Wildman–Crippen MR) is 99.9 cm³/mol. The lowest BCUT2D eigenvalue weighted by Crippen LogP contribution is -2.28. The van der Waals surface area contributed by atoms with Crippen LogP contribution in [-0.4, -0.2) is 23.0 Å².